The van der Waals surface area contributed by atoms with Gasteiger partial charge in [-0.15, -0.1) is 24.0 Å². The molecule has 0 spiro atoms. The number of rotatable bonds is 7. The molecule has 8 nitrogen and oxygen atoms in total. The van der Waals surface area contributed by atoms with Crippen molar-refractivity contribution in [2.45, 2.75) is 39.8 Å². The van der Waals surface area contributed by atoms with Crippen LogP contribution >= 0.6 is 24.0 Å². The third-order valence-corrected chi connectivity index (χ3v) is 5.19. The summed E-state index contributed by atoms with van der Waals surface area (Å²) >= 11 is 0. The maximum atomic E-state index is 12.0. The van der Waals surface area contributed by atoms with Crippen molar-refractivity contribution in [1.82, 2.24) is 20.4 Å². The minimum atomic E-state index is -0.270. The van der Waals surface area contributed by atoms with E-state index in [1.165, 1.54) is 17.5 Å². The van der Waals surface area contributed by atoms with Gasteiger partial charge in [-0.2, -0.15) is 5.10 Å². The summed E-state index contributed by atoms with van der Waals surface area (Å²) in [6.07, 6.45) is 2.35. The number of carbonyl (C=O) groups is 1. The zero-order valence-electron chi connectivity index (χ0n) is 19.1. The van der Waals surface area contributed by atoms with Crippen LogP contribution in [0.3, 0.4) is 0 Å². The van der Waals surface area contributed by atoms with Crippen molar-refractivity contribution in [1.29, 1.82) is 0 Å². The van der Waals surface area contributed by atoms with Crippen LogP contribution in [0.15, 0.2) is 52.1 Å². The van der Waals surface area contributed by atoms with Crippen molar-refractivity contribution in [3.05, 3.63) is 70.9 Å². The van der Waals surface area contributed by atoms with Crippen LogP contribution in [0.2, 0.25) is 0 Å². The lowest BCUT2D eigenvalue weighted by Gasteiger charge is -2.18. The molecule has 0 saturated heterocycles. The molecule has 0 radical (unpaired) electrons. The van der Waals surface area contributed by atoms with Crippen molar-refractivity contribution in [3.63, 3.8) is 0 Å². The summed E-state index contributed by atoms with van der Waals surface area (Å²) in [7, 11) is 3.73. The average Bonchev–Trinajstić information content (AvgIpc) is 3.37. The molecule has 172 valence electrons. The van der Waals surface area contributed by atoms with Crippen molar-refractivity contribution in [2.24, 2.45) is 12.0 Å². The van der Waals surface area contributed by atoms with E-state index in [1.807, 2.05) is 42.9 Å². The Labute approximate surface area is 205 Å². The minimum Gasteiger partial charge on any atom is -0.459 e. The summed E-state index contributed by atoms with van der Waals surface area (Å²) in [6, 6.07) is 11.2. The Bertz CT molecular complexity index is 1040. The highest BCUT2D eigenvalue weighted by Gasteiger charge is 2.14. The lowest BCUT2D eigenvalue weighted by molar-refractivity contribution is 0.0996. The molecule has 1 unspecified atom stereocenters. The maximum absolute atomic E-state index is 12.0. The number of halogens is 1. The predicted molar refractivity (Wildman–Crippen MR) is 138 cm³/mol. The summed E-state index contributed by atoms with van der Waals surface area (Å²) in [4.78, 5) is 16.4. The van der Waals surface area contributed by atoms with Crippen LogP contribution in [0.1, 0.15) is 40.0 Å². The van der Waals surface area contributed by atoms with Crippen LogP contribution in [0.5, 0.6) is 0 Å². The van der Waals surface area contributed by atoms with Gasteiger partial charge in [0.25, 0.3) is 5.91 Å². The number of aromatic nitrogens is 2. The summed E-state index contributed by atoms with van der Waals surface area (Å²) < 4.78 is 7.03. The zero-order chi connectivity index (χ0) is 22.4. The first kappa shape index (κ1) is 25.4. The lowest BCUT2D eigenvalue weighted by atomic mass is 10.1. The predicted octanol–water partition coefficient (Wildman–Crippen LogP) is 3.80. The number of anilines is 1. The Balaban J connectivity index is 0.00000363. The number of guanidine groups is 1. The quantitative estimate of drug-likeness (QED) is 0.236. The summed E-state index contributed by atoms with van der Waals surface area (Å²) in [6.45, 7) is 6.89. The van der Waals surface area contributed by atoms with Crippen LogP contribution in [-0.4, -0.2) is 34.7 Å². The molecule has 0 bridgehead atoms. The fraction of sp³-hybridized carbons (Fsp3) is 0.348. The van der Waals surface area contributed by atoms with E-state index in [9.17, 15) is 4.79 Å². The number of furan rings is 1. The van der Waals surface area contributed by atoms with Gasteiger partial charge >= 0.3 is 0 Å². The number of benzene rings is 1. The molecule has 3 rings (SSSR count). The Morgan fingerprint density at radius 3 is 2.50 bits per heavy atom. The number of nitrogens with one attached hydrogen (secondary N) is 3. The average molecular weight is 550 g/mol. The highest BCUT2D eigenvalue weighted by molar-refractivity contribution is 14.0. The molecule has 9 heteroatoms. The summed E-state index contributed by atoms with van der Waals surface area (Å²) in [5.41, 5.74) is 5.31. The molecule has 1 atom stereocenters. The number of hydrogen-bond acceptors (Lipinski definition) is 4. The monoisotopic (exact) mass is 550 g/mol. The second-order valence-electron chi connectivity index (χ2n) is 7.58. The third kappa shape index (κ3) is 6.59. The molecule has 2 aromatic heterocycles. The van der Waals surface area contributed by atoms with Crippen molar-refractivity contribution < 1.29 is 9.21 Å². The van der Waals surface area contributed by atoms with Crippen LogP contribution in [0.25, 0.3) is 0 Å². The molecule has 0 aliphatic carbocycles. The van der Waals surface area contributed by atoms with Crippen molar-refractivity contribution in [3.8, 4) is 0 Å². The molecular weight excluding hydrogens is 519 g/mol. The standard InChI is InChI=1S/C23H30N6O2.HI/c1-15(13-20-16(2)28-29(5)17(20)3)26-23(24-4)25-14-18-8-10-19(11-9-18)27-22(30)21-7-6-12-31-21;/h6-12,15H,13-14H2,1-5H3,(H,27,30)(H2,24,25,26);1H. The first-order chi connectivity index (χ1) is 14.9. The maximum Gasteiger partial charge on any atom is 0.291 e. The summed E-state index contributed by atoms with van der Waals surface area (Å²) in [5.74, 6) is 0.752. The van der Waals surface area contributed by atoms with E-state index >= 15 is 0 Å². The SMILES string of the molecule is CN=C(NCc1ccc(NC(=O)c2ccco2)cc1)NC(C)Cc1c(C)nn(C)c1C.I. The van der Waals surface area contributed by atoms with Gasteiger partial charge in [0.05, 0.1) is 12.0 Å². The van der Waals surface area contributed by atoms with E-state index in [0.717, 1.165) is 23.6 Å². The highest BCUT2D eigenvalue weighted by Crippen LogP contribution is 2.14. The molecule has 0 fully saturated rings. The van der Waals surface area contributed by atoms with Crippen LogP contribution in [0, 0.1) is 13.8 Å². The van der Waals surface area contributed by atoms with Crippen molar-refractivity contribution in [2.75, 3.05) is 12.4 Å². The van der Waals surface area contributed by atoms with Gasteiger partial charge in [-0.3, -0.25) is 14.5 Å². The molecule has 1 aromatic carbocycles. The van der Waals surface area contributed by atoms with Crippen LogP contribution in [-0.2, 0) is 20.0 Å². The first-order valence-corrected chi connectivity index (χ1v) is 10.3. The molecule has 32 heavy (non-hydrogen) atoms. The Kier molecular flexibility index (Phi) is 9.30. The second kappa shape index (κ2) is 11.7. The van der Waals surface area contributed by atoms with Gasteiger partial charge in [-0.05, 0) is 62.6 Å². The van der Waals surface area contributed by atoms with Gasteiger partial charge < -0.3 is 20.4 Å². The molecule has 2 heterocycles. The van der Waals surface area contributed by atoms with Gasteiger partial charge in [-0.25, -0.2) is 0 Å². The normalized spacial score (nSPS) is 12.1. The third-order valence-electron chi connectivity index (χ3n) is 5.19. The van der Waals surface area contributed by atoms with Gasteiger partial charge in [0.15, 0.2) is 11.7 Å². The molecule has 0 saturated carbocycles. The lowest BCUT2D eigenvalue weighted by Crippen LogP contribution is -2.42. The van der Waals surface area contributed by atoms with Crippen LogP contribution < -0.4 is 16.0 Å². The van der Waals surface area contributed by atoms with Crippen molar-refractivity contribution >= 4 is 41.5 Å². The minimum absolute atomic E-state index is 0. The molecule has 3 aromatic rings. The van der Waals surface area contributed by atoms with E-state index in [-0.39, 0.29) is 41.7 Å². The highest BCUT2D eigenvalue weighted by atomic mass is 127. The molecule has 1 amide bonds. The van der Waals surface area contributed by atoms with E-state index < -0.39 is 0 Å². The molecule has 0 aliphatic heterocycles. The molecular formula is C23H31IN6O2. The second-order valence-corrected chi connectivity index (χ2v) is 7.58. The largest absolute Gasteiger partial charge is 0.459 e. The smallest absolute Gasteiger partial charge is 0.291 e. The number of carbonyl (C=O) groups excluding carboxylic acids is 1. The number of amides is 1. The molecule has 0 aliphatic rings. The van der Waals surface area contributed by atoms with E-state index in [2.05, 4.69) is 39.9 Å². The van der Waals surface area contributed by atoms with Gasteiger partial charge in [0.2, 0.25) is 0 Å². The Morgan fingerprint density at radius 2 is 1.94 bits per heavy atom. The number of aliphatic imine (C=N–C) groups is 1. The van der Waals surface area contributed by atoms with E-state index in [4.69, 9.17) is 4.42 Å². The number of nitrogens with zero attached hydrogens (tertiary/aromatic N) is 3. The van der Waals surface area contributed by atoms with Gasteiger partial charge in [0, 0.05) is 38.1 Å². The fourth-order valence-corrected chi connectivity index (χ4v) is 3.39. The molecule has 3 N–H and O–H groups in total. The fourth-order valence-electron chi connectivity index (χ4n) is 3.39. The Hall–Kier alpha value is -2.82. The summed E-state index contributed by atoms with van der Waals surface area (Å²) in [5, 5.41) is 14.1. The van der Waals surface area contributed by atoms with E-state index in [1.54, 1.807) is 19.2 Å². The topological polar surface area (TPSA) is 96.5 Å². The van der Waals surface area contributed by atoms with Gasteiger partial charge in [0.1, 0.15) is 0 Å². The zero-order valence-corrected chi connectivity index (χ0v) is 21.4. The van der Waals surface area contributed by atoms with Crippen LogP contribution in [0.4, 0.5) is 5.69 Å². The van der Waals surface area contributed by atoms with Gasteiger partial charge in [-0.1, -0.05) is 12.1 Å². The number of hydrogen-bond donors (Lipinski definition) is 3. The Morgan fingerprint density at radius 1 is 1.22 bits per heavy atom. The number of aryl methyl sites for hydroxylation is 2. The first-order valence-electron chi connectivity index (χ1n) is 10.3. The van der Waals surface area contributed by atoms with E-state index in [0.29, 0.717) is 12.2 Å².